The van der Waals surface area contributed by atoms with Gasteiger partial charge in [0.1, 0.15) is 0 Å². The lowest BCUT2D eigenvalue weighted by molar-refractivity contribution is -0.0900. The van der Waals surface area contributed by atoms with Crippen LogP contribution >= 0.6 is 0 Å². The Bertz CT molecular complexity index is 784. The number of allylic oxidation sites excluding steroid dienone is 5. The fraction of sp³-hybridized carbons (Fsp3) is 0.429. The van der Waals surface area contributed by atoms with Gasteiger partial charge in [-0.05, 0) is 41.0 Å². The van der Waals surface area contributed by atoms with Crippen molar-refractivity contribution in [3.05, 3.63) is 64.8 Å². The van der Waals surface area contributed by atoms with Crippen molar-refractivity contribution in [2.75, 3.05) is 6.61 Å². The highest BCUT2D eigenvalue weighted by atomic mass is 19.4. The van der Waals surface area contributed by atoms with Gasteiger partial charge in [-0.1, -0.05) is 50.3 Å². The maximum atomic E-state index is 16.5. The Morgan fingerprint density at radius 3 is 2.27 bits per heavy atom. The van der Waals surface area contributed by atoms with E-state index in [9.17, 15) is 18.3 Å². The molecular formula is C21H22F4O. The first-order chi connectivity index (χ1) is 12.1. The van der Waals surface area contributed by atoms with Crippen molar-refractivity contribution in [3.63, 3.8) is 0 Å². The molecule has 1 unspecified atom stereocenters. The Kier molecular flexibility index (Phi) is 4.63. The van der Waals surface area contributed by atoms with E-state index in [1.165, 1.54) is 0 Å². The molecule has 0 aliphatic heterocycles. The fourth-order valence-corrected chi connectivity index (χ4v) is 4.13. The minimum atomic E-state index is -4.64. The number of aliphatic hydroxyl groups is 1. The van der Waals surface area contributed by atoms with Crippen molar-refractivity contribution in [1.29, 1.82) is 0 Å². The van der Waals surface area contributed by atoms with E-state index in [-0.39, 0.29) is 11.1 Å². The van der Waals surface area contributed by atoms with Crippen LogP contribution in [0.1, 0.15) is 38.7 Å². The van der Waals surface area contributed by atoms with Crippen LogP contribution in [0.5, 0.6) is 0 Å². The molecule has 26 heavy (non-hydrogen) atoms. The molecule has 1 N–H and O–H groups in total. The summed E-state index contributed by atoms with van der Waals surface area (Å²) in [6, 6.07) is 8.36. The van der Waals surface area contributed by atoms with Gasteiger partial charge in [0.05, 0.1) is 12.2 Å². The normalized spacial score (nSPS) is 26.0. The van der Waals surface area contributed by atoms with Gasteiger partial charge in [-0.15, -0.1) is 0 Å². The quantitative estimate of drug-likeness (QED) is 0.531. The lowest BCUT2D eigenvalue weighted by atomic mass is 9.67. The smallest absolute Gasteiger partial charge is 0.392 e. The largest absolute Gasteiger partial charge is 0.416 e. The predicted octanol–water partition coefficient (Wildman–Crippen LogP) is 5.78. The van der Waals surface area contributed by atoms with Crippen LogP contribution in [0, 0.1) is 5.41 Å². The number of halogens is 4. The Balaban J connectivity index is 2.23. The van der Waals surface area contributed by atoms with E-state index in [4.69, 9.17) is 0 Å². The highest BCUT2D eigenvalue weighted by Gasteiger charge is 2.51. The first-order valence-electron chi connectivity index (χ1n) is 8.67. The molecule has 0 aromatic heterocycles. The summed E-state index contributed by atoms with van der Waals surface area (Å²) in [7, 11) is 0. The van der Waals surface area contributed by atoms with Crippen molar-refractivity contribution in [2.45, 2.75) is 45.0 Å². The van der Waals surface area contributed by atoms with E-state index in [1.54, 1.807) is 30.3 Å². The second-order valence-electron chi connectivity index (χ2n) is 7.62. The summed E-state index contributed by atoms with van der Waals surface area (Å²) < 4.78 is 57.0. The topological polar surface area (TPSA) is 20.2 Å². The molecule has 1 atom stereocenters. The van der Waals surface area contributed by atoms with Gasteiger partial charge in [-0.25, -0.2) is 4.39 Å². The predicted molar refractivity (Wildman–Crippen MR) is 94.1 cm³/mol. The fourth-order valence-electron chi connectivity index (χ4n) is 4.13. The molecule has 0 radical (unpaired) electrons. The first kappa shape index (κ1) is 18.9. The van der Waals surface area contributed by atoms with Gasteiger partial charge < -0.3 is 5.11 Å². The maximum absolute atomic E-state index is 16.5. The number of alkyl halides is 4. The summed E-state index contributed by atoms with van der Waals surface area (Å²) in [5.41, 5.74) is -2.80. The zero-order valence-electron chi connectivity index (χ0n) is 14.8. The number of aliphatic hydroxyl groups excluding tert-OH is 1. The molecule has 1 nitrogen and oxygen atoms in total. The minimum Gasteiger partial charge on any atom is -0.392 e. The summed E-state index contributed by atoms with van der Waals surface area (Å²) in [6.45, 7) is 3.02. The van der Waals surface area contributed by atoms with E-state index >= 15 is 4.39 Å². The minimum absolute atomic E-state index is 0.0175. The summed E-state index contributed by atoms with van der Waals surface area (Å²) in [5, 5.41) is 9.51. The molecule has 0 fully saturated rings. The molecule has 0 amide bonds. The van der Waals surface area contributed by atoms with E-state index in [0.717, 1.165) is 12.5 Å². The van der Waals surface area contributed by atoms with Crippen molar-refractivity contribution < 1.29 is 22.7 Å². The second kappa shape index (κ2) is 6.38. The summed E-state index contributed by atoms with van der Waals surface area (Å²) in [6.07, 6.45) is -0.974. The van der Waals surface area contributed by atoms with Gasteiger partial charge >= 0.3 is 6.18 Å². The van der Waals surface area contributed by atoms with Crippen LogP contribution in [0.2, 0.25) is 0 Å². The van der Waals surface area contributed by atoms with Gasteiger partial charge in [-0.2, -0.15) is 13.2 Å². The monoisotopic (exact) mass is 366 g/mol. The van der Waals surface area contributed by atoms with Crippen LogP contribution < -0.4 is 0 Å². The van der Waals surface area contributed by atoms with Crippen LogP contribution in [0.15, 0.2) is 59.2 Å². The van der Waals surface area contributed by atoms with E-state index in [1.807, 2.05) is 19.9 Å². The molecule has 3 rings (SSSR count). The maximum Gasteiger partial charge on any atom is 0.416 e. The third-order valence-electron chi connectivity index (χ3n) is 5.41. The molecule has 5 heteroatoms. The van der Waals surface area contributed by atoms with Crippen LogP contribution in [-0.2, 0) is 0 Å². The van der Waals surface area contributed by atoms with Crippen molar-refractivity contribution in [1.82, 2.24) is 0 Å². The second-order valence-corrected chi connectivity index (χ2v) is 7.62. The molecule has 2 aliphatic carbocycles. The molecule has 2 aliphatic rings. The third-order valence-corrected chi connectivity index (χ3v) is 5.41. The van der Waals surface area contributed by atoms with Gasteiger partial charge in [0.25, 0.3) is 0 Å². The molecule has 0 heterocycles. The molecule has 1 aromatic rings. The van der Waals surface area contributed by atoms with Crippen molar-refractivity contribution in [2.24, 2.45) is 5.41 Å². The Hall–Kier alpha value is -1.88. The highest BCUT2D eigenvalue weighted by Crippen LogP contribution is 2.55. The highest BCUT2D eigenvalue weighted by molar-refractivity contribution is 5.81. The lowest BCUT2D eigenvalue weighted by Crippen LogP contribution is -2.38. The van der Waals surface area contributed by atoms with E-state index in [2.05, 4.69) is 0 Å². The van der Waals surface area contributed by atoms with Crippen LogP contribution in [0.3, 0.4) is 0 Å². The number of benzene rings is 1. The summed E-state index contributed by atoms with van der Waals surface area (Å²) >= 11 is 0. The van der Waals surface area contributed by atoms with Crippen LogP contribution in [0.25, 0.3) is 5.57 Å². The SMILES string of the molecule is CC1(C)CCC=C1C1(F)CC(CO)=C(C(F)(F)F)C=C1c1ccccc1. The first-order valence-corrected chi connectivity index (χ1v) is 8.67. The lowest BCUT2D eigenvalue weighted by Gasteiger charge is -2.40. The molecule has 0 bridgehead atoms. The Labute approximate surface area is 150 Å². The molecule has 1 aromatic carbocycles. The van der Waals surface area contributed by atoms with Crippen molar-refractivity contribution in [3.8, 4) is 0 Å². The van der Waals surface area contributed by atoms with Gasteiger partial charge in [0.2, 0.25) is 0 Å². The zero-order chi connectivity index (χ0) is 19.2. The number of hydrogen-bond acceptors (Lipinski definition) is 1. The average molecular weight is 366 g/mol. The summed E-state index contributed by atoms with van der Waals surface area (Å²) in [5.74, 6) is 0. The average Bonchev–Trinajstić information content (AvgIpc) is 2.94. The van der Waals surface area contributed by atoms with Gasteiger partial charge in [0.15, 0.2) is 5.67 Å². The van der Waals surface area contributed by atoms with Gasteiger partial charge in [0, 0.05) is 12.0 Å². The summed E-state index contributed by atoms with van der Waals surface area (Å²) in [4.78, 5) is 0. The van der Waals surface area contributed by atoms with Gasteiger partial charge in [-0.3, -0.25) is 0 Å². The molecule has 0 saturated heterocycles. The molecule has 140 valence electrons. The number of rotatable bonds is 3. The molecule has 0 spiro atoms. The Morgan fingerprint density at radius 2 is 1.77 bits per heavy atom. The third kappa shape index (κ3) is 3.13. The molecular weight excluding hydrogens is 344 g/mol. The zero-order valence-corrected chi connectivity index (χ0v) is 14.8. The molecule has 0 saturated carbocycles. The number of hydrogen-bond donors (Lipinski definition) is 1. The standard InChI is InChI=1S/C21H22F4O/c1-19(2)10-6-9-18(19)20(22)12-15(13-26)17(21(23,24)25)11-16(20)14-7-4-3-5-8-14/h3-5,7-9,11,26H,6,10,12-13H2,1-2H3. The van der Waals surface area contributed by atoms with Crippen LogP contribution in [-0.4, -0.2) is 23.6 Å². The Morgan fingerprint density at radius 1 is 1.12 bits per heavy atom. The van der Waals surface area contributed by atoms with Crippen LogP contribution in [0.4, 0.5) is 17.6 Å². The van der Waals surface area contributed by atoms with Crippen molar-refractivity contribution >= 4 is 5.57 Å². The van der Waals surface area contributed by atoms with E-state index < -0.39 is 35.9 Å². The van der Waals surface area contributed by atoms with E-state index in [0.29, 0.717) is 17.6 Å².